The maximum atomic E-state index is 13.7. The number of hydrogen-bond acceptors (Lipinski definition) is 5. The minimum Gasteiger partial charge on any atom is -0.495 e. The van der Waals surface area contributed by atoms with E-state index in [1.54, 1.807) is 25.3 Å². The second-order valence-electron chi connectivity index (χ2n) is 4.73. The van der Waals surface area contributed by atoms with Crippen LogP contribution in [0.2, 0.25) is 0 Å². The van der Waals surface area contributed by atoms with Crippen molar-refractivity contribution >= 4 is 11.7 Å². The lowest BCUT2D eigenvalue weighted by Gasteiger charge is -2.08. The molecule has 0 aliphatic carbocycles. The van der Waals surface area contributed by atoms with Crippen molar-refractivity contribution in [3.8, 4) is 17.1 Å². The molecule has 6 heteroatoms. The van der Waals surface area contributed by atoms with Crippen LogP contribution in [0, 0.1) is 12.7 Å². The van der Waals surface area contributed by atoms with E-state index >= 15 is 0 Å². The summed E-state index contributed by atoms with van der Waals surface area (Å²) in [5, 5.41) is 6.78. The summed E-state index contributed by atoms with van der Waals surface area (Å²) in [6.45, 7) is 1.96. The van der Waals surface area contributed by atoms with Gasteiger partial charge in [-0.25, -0.2) is 4.39 Å². The molecule has 3 aromatic rings. The highest BCUT2D eigenvalue weighted by Crippen LogP contribution is 2.29. The van der Waals surface area contributed by atoms with Gasteiger partial charge in [-0.3, -0.25) is 0 Å². The molecule has 0 spiro atoms. The SMILES string of the molecule is COc1ccc(C)cc1Nc1nc(-c2ccccc2F)no1. The molecule has 3 rings (SSSR count). The van der Waals surface area contributed by atoms with Crippen molar-refractivity contribution in [2.45, 2.75) is 6.92 Å². The van der Waals surface area contributed by atoms with Crippen molar-refractivity contribution in [3.05, 3.63) is 53.8 Å². The first kappa shape index (κ1) is 14.1. The maximum absolute atomic E-state index is 13.7. The van der Waals surface area contributed by atoms with E-state index in [9.17, 15) is 4.39 Å². The molecule has 112 valence electrons. The van der Waals surface area contributed by atoms with Gasteiger partial charge in [0.2, 0.25) is 5.82 Å². The fraction of sp³-hybridized carbons (Fsp3) is 0.125. The third-order valence-electron chi connectivity index (χ3n) is 3.14. The van der Waals surface area contributed by atoms with Crippen LogP contribution in [0.25, 0.3) is 11.4 Å². The van der Waals surface area contributed by atoms with Crippen LogP contribution in [-0.4, -0.2) is 17.3 Å². The molecule has 0 bridgehead atoms. The van der Waals surface area contributed by atoms with Crippen molar-refractivity contribution < 1.29 is 13.7 Å². The Morgan fingerprint density at radius 1 is 1.18 bits per heavy atom. The number of benzene rings is 2. The first-order valence-corrected chi connectivity index (χ1v) is 6.67. The predicted octanol–water partition coefficient (Wildman–Crippen LogP) is 3.94. The molecular formula is C16H14FN3O2. The van der Waals surface area contributed by atoms with Gasteiger partial charge in [0.1, 0.15) is 11.6 Å². The molecule has 0 atom stereocenters. The molecule has 0 unspecified atom stereocenters. The predicted molar refractivity (Wildman–Crippen MR) is 80.7 cm³/mol. The first-order chi connectivity index (χ1) is 10.7. The summed E-state index contributed by atoms with van der Waals surface area (Å²) in [6, 6.07) is 12.1. The fourth-order valence-electron chi connectivity index (χ4n) is 2.06. The lowest BCUT2D eigenvalue weighted by atomic mass is 10.2. The van der Waals surface area contributed by atoms with Crippen LogP contribution in [0.3, 0.4) is 0 Å². The van der Waals surface area contributed by atoms with Crippen LogP contribution in [0.4, 0.5) is 16.1 Å². The third kappa shape index (κ3) is 2.76. The summed E-state index contributed by atoms with van der Waals surface area (Å²) in [5.74, 6) is 0.437. The summed E-state index contributed by atoms with van der Waals surface area (Å²) in [4.78, 5) is 4.16. The van der Waals surface area contributed by atoms with E-state index in [-0.39, 0.29) is 17.4 Å². The minimum atomic E-state index is -0.400. The molecule has 0 fully saturated rings. The van der Waals surface area contributed by atoms with Crippen molar-refractivity contribution in [1.82, 2.24) is 10.1 Å². The first-order valence-electron chi connectivity index (χ1n) is 6.67. The Balaban J connectivity index is 1.89. The topological polar surface area (TPSA) is 60.2 Å². The number of halogens is 1. The van der Waals surface area contributed by atoms with Crippen LogP contribution in [-0.2, 0) is 0 Å². The van der Waals surface area contributed by atoms with Gasteiger partial charge in [0.25, 0.3) is 0 Å². The van der Waals surface area contributed by atoms with Crippen molar-refractivity contribution in [3.63, 3.8) is 0 Å². The van der Waals surface area contributed by atoms with Crippen LogP contribution in [0.1, 0.15) is 5.56 Å². The van der Waals surface area contributed by atoms with Gasteiger partial charge in [-0.05, 0) is 36.8 Å². The smallest absolute Gasteiger partial charge is 0.326 e. The van der Waals surface area contributed by atoms with Crippen LogP contribution in [0.5, 0.6) is 5.75 Å². The molecule has 0 saturated carbocycles. The number of methoxy groups -OCH3 is 1. The van der Waals surface area contributed by atoms with Gasteiger partial charge in [-0.15, -0.1) is 0 Å². The molecule has 1 N–H and O–H groups in total. The number of hydrogen-bond donors (Lipinski definition) is 1. The lowest BCUT2D eigenvalue weighted by Crippen LogP contribution is -1.95. The summed E-state index contributed by atoms with van der Waals surface area (Å²) in [6.07, 6.45) is 0. The normalized spacial score (nSPS) is 10.5. The third-order valence-corrected chi connectivity index (χ3v) is 3.14. The van der Waals surface area contributed by atoms with Crippen molar-refractivity contribution in [2.75, 3.05) is 12.4 Å². The molecule has 0 amide bonds. The molecule has 1 aromatic heterocycles. The molecule has 0 aliphatic heterocycles. The van der Waals surface area contributed by atoms with Gasteiger partial charge in [0.05, 0.1) is 18.4 Å². The van der Waals surface area contributed by atoms with Gasteiger partial charge < -0.3 is 14.6 Å². The summed E-state index contributed by atoms with van der Waals surface area (Å²) >= 11 is 0. The van der Waals surface area contributed by atoms with Crippen molar-refractivity contribution in [1.29, 1.82) is 0 Å². The van der Waals surface area contributed by atoms with Gasteiger partial charge in [0, 0.05) is 0 Å². The van der Waals surface area contributed by atoms with Gasteiger partial charge >= 0.3 is 6.01 Å². The number of anilines is 2. The number of rotatable bonds is 4. The van der Waals surface area contributed by atoms with E-state index < -0.39 is 5.82 Å². The van der Waals surface area contributed by atoms with E-state index in [0.29, 0.717) is 11.4 Å². The minimum absolute atomic E-state index is 0.169. The molecule has 5 nitrogen and oxygen atoms in total. The van der Waals surface area contributed by atoms with Crippen LogP contribution < -0.4 is 10.1 Å². The molecular weight excluding hydrogens is 285 g/mol. The second-order valence-corrected chi connectivity index (χ2v) is 4.73. The Kier molecular flexibility index (Phi) is 3.74. The zero-order chi connectivity index (χ0) is 15.5. The Bertz CT molecular complexity index is 802. The Labute approximate surface area is 126 Å². The number of nitrogens with zero attached hydrogens (tertiary/aromatic N) is 2. The monoisotopic (exact) mass is 299 g/mol. The van der Waals surface area contributed by atoms with Crippen LogP contribution >= 0.6 is 0 Å². The number of nitrogens with one attached hydrogen (secondary N) is 1. The average Bonchev–Trinajstić information content (AvgIpc) is 2.96. The standard InChI is InChI=1S/C16H14FN3O2/c1-10-7-8-14(21-2)13(9-10)18-16-19-15(20-22-16)11-5-3-4-6-12(11)17/h3-9H,1-2H3,(H,18,19,20). The highest BCUT2D eigenvalue weighted by Gasteiger charge is 2.13. The van der Waals surface area contributed by atoms with Crippen LogP contribution in [0.15, 0.2) is 47.0 Å². The highest BCUT2D eigenvalue weighted by molar-refractivity contribution is 5.64. The van der Waals surface area contributed by atoms with Gasteiger partial charge in [0.15, 0.2) is 0 Å². The van der Waals surface area contributed by atoms with E-state index in [1.165, 1.54) is 6.07 Å². The Hall–Kier alpha value is -2.89. The molecule has 22 heavy (non-hydrogen) atoms. The number of aryl methyl sites for hydroxylation is 1. The van der Waals surface area contributed by atoms with E-state index in [2.05, 4.69) is 15.5 Å². The lowest BCUT2D eigenvalue weighted by molar-refractivity contribution is 0.414. The van der Waals surface area contributed by atoms with E-state index in [0.717, 1.165) is 5.56 Å². The average molecular weight is 299 g/mol. The van der Waals surface area contributed by atoms with E-state index in [1.807, 2.05) is 25.1 Å². The molecule has 2 aromatic carbocycles. The van der Waals surface area contributed by atoms with Gasteiger partial charge in [-0.2, -0.15) is 4.98 Å². The maximum Gasteiger partial charge on any atom is 0.326 e. The fourth-order valence-corrected chi connectivity index (χ4v) is 2.06. The summed E-state index contributed by atoms with van der Waals surface area (Å²) in [7, 11) is 1.58. The molecule has 0 aliphatic rings. The molecule has 0 saturated heterocycles. The summed E-state index contributed by atoms with van der Waals surface area (Å²) in [5.41, 5.74) is 2.04. The quantitative estimate of drug-likeness (QED) is 0.790. The molecule has 0 radical (unpaired) electrons. The zero-order valence-electron chi connectivity index (χ0n) is 12.1. The van der Waals surface area contributed by atoms with Gasteiger partial charge in [-0.1, -0.05) is 23.4 Å². The molecule has 1 heterocycles. The summed E-state index contributed by atoms with van der Waals surface area (Å²) < 4.78 is 24.1. The van der Waals surface area contributed by atoms with Crippen molar-refractivity contribution in [2.24, 2.45) is 0 Å². The van der Waals surface area contributed by atoms with E-state index in [4.69, 9.17) is 9.26 Å². The zero-order valence-corrected chi connectivity index (χ0v) is 12.1. The number of ether oxygens (including phenoxy) is 1. The highest BCUT2D eigenvalue weighted by atomic mass is 19.1. The Morgan fingerprint density at radius 3 is 2.77 bits per heavy atom. The second kappa shape index (κ2) is 5.85. The number of aromatic nitrogens is 2. The largest absolute Gasteiger partial charge is 0.495 e. The Morgan fingerprint density at radius 2 is 2.00 bits per heavy atom.